The van der Waals surface area contributed by atoms with Crippen molar-refractivity contribution in [3.63, 3.8) is 0 Å². The van der Waals surface area contributed by atoms with E-state index in [1.54, 1.807) is 19.9 Å². The van der Waals surface area contributed by atoms with Crippen molar-refractivity contribution in [3.8, 4) is 6.07 Å². The molecule has 0 spiro atoms. The number of rotatable bonds is 4. The Morgan fingerprint density at radius 2 is 1.90 bits per heavy atom. The van der Waals surface area contributed by atoms with Crippen LogP contribution in [0.15, 0.2) is 23.6 Å². The molecule has 0 aliphatic heterocycles. The predicted octanol–water partition coefficient (Wildman–Crippen LogP) is 5.44. The van der Waals surface area contributed by atoms with E-state index in [1.165, 1.54) is 19.1 Å². The molecule has 0 saturated heterocycles. The van der Waals surface area contributed by atoms with E-state index in [4.69, 9.17) is 19.5 Å². The molecule has 10 heteroatoms. The molecule has 5 aliphatic carbocycles. The van der Waals surface area contributed by atoms with Crippen LogP contribution in [0.4, 0.5) is 13.6 Å². The number of aliphatic hydroxyl groups excluding tert-OH is 1. The number of esters is 1. The number of ether oxygens (including phenoxy) is 3. The van der Waals surface area contributed by atoms with Gasteiger partial charge in [-0.15, -0.1) is 0 Å². The van der Waals surface area contributed by atoms with Gasteiger partial charge in [-0.25, -0.2) is 18.4 Å². The first-order valence-corrected chi connectivity index (χ1v) is 14.7. The summed E-state index contributed by atoms with van der Waals surface area (Å²) in [6.07, 6.45) is 2.17. The summed E-state index contributed by atoms with van der Waals surface area (Å²) in [5.74, 6) is -4.31. The van der Waals surface area contributed by atoms with Crippen molar-refractivity contribution in [1.82, 2.24) is 0 Å². The normalized spacial score (nSPS) is 45.2. The van der Waals surface area contributed by atoms with Gasteiger partial charge in [-0.2, -0.15) is 5.26 Å². The van der Waals surface area contributed by atoms with Crippen LogP contribution in [0.2, 0.25) is 0 Å². The summed E-state index contributed by atoms with van der Waals surface area (Å²) >= 11 is 0. The highest BCUT2D eigenvalue weighted by Crippen LogP contribution is 2.71. The second-order valence-corrected chi connectivity index (χ2v) is 13.3. The first-order chi connectivity index (χ1) is 19.3. The minimum Gasteiger partial charge on any atom is -0.447 e. The number of allylic oxidation sites excluding steroid dienone is 4. The van der Waals surface area contributed by atoms with Gasteiger partial charge in [0.15, 0.2) is 18.1 Å². The van der Waals surface area contributed by atoms with Gasteiger partial charge in [-0.3, -0.25) is 4.79 Å². The van der Waals surface area contributed by atoms with E-state index < -0.39 is 76.6 Å². The highest BCUT2D eigenvalue weighted by molar-refractivity contribution is 5.93. The van der Waals surface area contributed by atoms with Gasteiger partial charge in [0.1, 0.15) is 18.0 Å². The van der Waals surface area contributed by atoms with Crippen molar-refractivity contribution < 1.29 is 42.5 Å². The van der Waals surface area contributed by atoms with Crippen molar-refractivity contribution in [2.24, 2.45) is 34.5 Å². The number of fused-ring (bicyclic) bond motifs is 5. The van der Waals surface area contributed by atoms with E-state index in [1.807, 2.05) is 6.92 Å². The molecule has 41 heavy (non-hydrogen) atoms. The number of hydrogen-bond acceptors (Lipinski definition) is 8. The Balaban J connectivity index is 1.56. The molecule has 3 fully saturated rings. The number of halogens is 2. The number of alkyl halides is 1. The van der Waals surface area contributed by atoms with Crippen LogP contribution in [0.1, 0.15) is 79.1 Å². The number of nitrogens with zero attached hydrogens (tertiary/aromatic N) is 1. The molecule has 0 heterocycles. The standard InChI is InChI=1S/C31H39F2NO7/c1-17-7-5-6-8-24(17)40-27(38)41-31(26(37)39-12-11-34)18(2)13-20-21-15-23(32)22-14-19(35)9-10-28(22,3)30(21,33)25(36)16-29(20,31)4/h9-10,17-18,20-21,24-25,36H,5-8,12-16H2,1-4H3/t17-,18+,20-,21-,24+,25-,28-,29-,30-,31-/m0/s1. The van der Waals surface area contributed by atoms with Crippen molar-refractivity contribution in [2.45, 2.75) is 103 Å². The monoisotopic (exact) mass is 575 g/mol. The smallest absolute Gasteiger partial charge is 0.447 e. The van der Waals surface area contributed by atoms with Gasteiger partial charge in [0.05, 0.1) is 6.10 Å². The number of hydrogen-bond donors (Lipinski definition) is 1. The first-order valence-electron chi connectivity index (χ1n) is 14.7. The summed E-state index contributed by atoms with van der Waals surface area (Å²) < 4.78 is 50.2. The summed E-state index contributed by atoms with van der Waals surface area (Å²) in [7, 11) is 0. The third kappa shape index (κ3) is 4.09. The lowest BCUT2D eigenvalue weighted by molar-refractivity contribution is -0.229. The largest absolute Gasteiger partial charge is 0.509 e. The summed E-state index contributed by atoms with van der Waals surface area (Å²) in [5.41, 5.74) is -7.26. The van der Waals surface area contributed by atoms with Gasteiger partial charge in [0.2, 0.25) is 5.60 Å². The molecular weight excluding hydrogens is 536 g/mol. The quantitative estimate of drug-likeness (QED) is 0.440. The highest BCUT2D eigenvalue weighted by Gasteiger charge is 2.78. The third-order valence-corrected chi connectivity index (χ3v) is 11.3. The molecule has 0 unspecified atom stereocenters. The maximum Gasteiger partial charge on any atom is 0.509 e. The third-order valence-electron chi connectivity index (χ3n) is 11.3. The zero-order valence-corrected chi connectivity index (χ0v) is 24.1. The fourth-order valence-corrected chi connectivity index (χ4v) is 9.13. The number of ketones is 1. The molecule has 0 aromatic carbocycles. The fraction of sp³-hybridized carbons (Fsp3) is 0.742. The van der Waals surface area contributed by atoms with Gasteiger partial charge in [-0.1, -0.05) is 33.3 Å². The van der Waals surface area contributed by atoms with E-state index in [9.17, 15) is 19.5 Å². The van der Waals surface area contributed by atoms with Crippen LogP contribution in [0.5, 0.6) is 0 Å². The van der Waals surface area contributed by atoms with Crippen LogP contribution >= 0.6 is 0 Å². The second kappa shape index (κ2) is 10.2. The van der Waals surface area contributed by atoms with Gasteiger partial charge in [0, 0.05) is 35.5 Å². The number of nitriles is 1. The molecule has 5 aliphatic rings. The molecule has 0 aromatic rings. The number of carbonyl (C=O) groups is 3. The zero-order chi connectivity index (χ0) is 30.0. The molecule has 1 N–H and O–H groups in total. The van der Waals surface area contributed by atoms with Crippen molar-refractivity contribution >= 4 is 17.9 Å². The van der Waals surface area contributed by atoms with Gasteiger partial charge in [-0.05, 0) is 62.5 Å². The van der Waals surface area contributed by atoms with Crippen LogP contribution in [0.3, 0.4) is 0 Å². The zero-order valence-electron chi connectivity index (χ0n) is 24.1. The molecule has 0 bridgehead atoms. The summed E-state index contributed by atoms with van der Waals surface area (Å²) in [6.45, 7) is 6.22. The lowest BCUT2D eigenvalue weighted by Gasteiger charge is -2.62. The molecule has 0 radical (unpaired) electrons. The lowest BCUT2D eigenvalue weighted by Crippen LogP contribution is -2.70. The molecule has 224 valence electrons. The molecular formula is C31H39F2NO7. The van der Waals surface area contributed by atoms with Gasteiger partial charge >= 0.3 is 12.1 Å². The fourth-order valence-electron chi connectivity index (χ4n) is 9.13. The topological polar surface area (TPSA) is 123 Å². The SMILES string of the molecule is C[C@@H]1C[C@H]2[C@@H]3CC(F)=C4CC(=O)C=C[C@]4(C)[C@@]3(F)[C@@H](O)C[C@]2(C)[C@@]1(OC(=O)O[C@@H]1CCCC[C@@H]1C)C(=O)OCC#N. The Labute approximate surface area is 239 Å². The average molecular weight is 576 g/mol. The molecule has 5 rings (SSSR count). The maximum absolute atomic E-state index is 17.5. The Morgan fingerprint density at radius 3 is 2.59 bits per heavy atom. The van der Waals surface area contributed by atoms with Crippen LogP contribution in [0.25, 0.3) is 0 Å². The Hall–Kier alpha value is -2.80. The molecule has 0 amide bonds. The Morgan fingerprint density at radius 1 is 1.20 bits per heavy atom. The van der Waals surface area contributed by atoms with Crippen molar-refractivity contribution in [3.05, 3.63) is 23.6 Å². The molecule has 3 saturated carbocycles. The summed E-state index contributed by atoms with van der Waals surface area (Å²) in [4.78, 5) is 39.3. The molecule has 0 aromatic heterocycles. The van der Waals surface area contributed by atoms with E-state index in [0.29, 0.717) is 6.42 Å². The minimum atomic E-state index is -2.34. The van der Waals surface area contributed by atoms with Gasteiger partial charge < -0.3 is 19.3 Å². The Bertz CT molecular complexity index is 1240. The van der Waals surface area contributed by atoms with Crippen LogP contribution in [-0.4, -0.2) is 53.1 Å². The van der Waals surface area contributed by atoms with E-state index in [-0.39, 0.29) is 43.0 Å². The lowest BCUT2D eigenvalue weighted by atomic mass is 9.45. The van der Waals surface area contributed by atoms with Crippen LogP contribution < -0.4 is 0 Å². The summed E-state index contributed by atoms with van der Waals surface area (Å²) in [5, 5.41) is 20.7. The van der Waals surface area contributed by atoms with E-state index in [0.717, 1.165) is 19.3 Å². The minimum absolute atomic E-state index is 0.0403. The second-order valence-electron chi connectivity index (χ2n) is 13.3. The van der Waals surface area contributed by atoms with Crippen molar-refractivity contribution in [1.29, 1.82) is 5.26 Å². The van der Waals surface area contributed by atoms with Gasteiger partial charge in [0.25, 0.3) is 0 Å². The van der Waals surface area contributed by atoms with Crippen LogP contribution in [-0.2, 0) is 23.8 Å². The van der Waals surface area contributed by atoms with Crippen molar-refractivity contribution in [2.75, 3.05) is 6.61 Å². The van der Waals surface area contributed by atoms with E-state index in [2.05, 4.69) is 0 Å². The van der Waals surface area contributed by atoms with E-state index >= 15 is 8.78 Å². The first kappa shape index (κ1) is 29.7. The predicted molar refractivity (Wildman–Crippen MR) is 141 cm³/mol. The number of aliphatic hydroxyl groups is 1. The molecule has 10 atom stereocenters. The number of carbonyl (C=O) groups excluding carboxylic acids is 3. The maximum atomic E-state index is 17.5. The average Bonchev–Trinajstić information content (AvgIpc) is 3.13. The molecule has 8 nitrogen and oxygen atoms in total. The highest BCUT2D eigenvalue weighted by atomic mass is 19.1. The summed E-state index contributed by atoms with van der Waals surface area (Å²) in [6, 6.07) is 1.75. The Kier molecular flexibility index (Phi) is 7.37. The van der Waals surface area contributed by atoms with Crippen LogP contribution in [0, 0.1) is 45.8 Å².